The number of carbonyl (C=O) groups is 1. The summed E-state index contributed by atoms with van der Waals surface area (Å²) in [6.45, 7) is 2.46. The predicted octanol–water partition coefficient (Wildman–Crippen LogP) is 2.51. The highest BCUT2D eigenvalue weighted by Crippen LogP contribution is 2.23. The lowest BCUT2D eigenvalue weighted by Gasteiger charge is -2.09. The highest BCUT2D eigenvalue weighted by atomic mass is 32.1. The smallest absolute Gasteiger partial charge is 0.341 e. The number of carbonyl (C=O) groups excluding carboxylic acids is 1. The Morgan fingerprint density at radius 3 is 2.91 bits per heavy atom. The summed E-state index contributed by atoms with van der Waals surface area (Å²) in [4.78, 5) is 17.0. The molecule has 0 amide bonds. The maximum Gasteiger partial charge on any atom is 0.341 e. The van der Waals surface area contributed by atoms with Crippen LogP contribution in [-0.4, -0.2) is 34.8 Å². The van der Waals surface area contributed by atoms with Gasteiger partial charge in [0.1, 0.15) is 11.3 Å². The van der Waals surface area contributed by atoms with Crippen molar-refractivity contribution in [3.05, 3.63) is 41.2 Å². The number of aromatic nitrogens is 3. The SMILES string of the molecule is COC(=O)c1cc(CNc2nn3cc(C)nc3s2)ccc1OC. The fourth-order valence-electron chi connectivity index (χ4n) is 2.19. The van der Waals surface area contributed by atoms with Crippen molar-refractivity contribution in [1.29, 1.82) is 0 Å². The van der Waals surface area contributed by atoms with Crippen LogP contribution >= 0.6 is 11.3 Å². The number of imidazole rings is 1. The lowest BCUT2D eigenvalue weighted by Crippen LogP contribution is -2.06. The molecule has 0 fully saturated rings. The van der Waals surface area contributed by atoms with Gasteiger partial charge in [-0.25, -0.2) is 14.3 Å². The standard InChI is InChI=1S/C15H16N4O3S/c1-9-8-19-15(17-9)23-14(18-19)16-7-10-4-5-12(21-2)11(6-10)13(20)22-3/h4-6,8H,7H2,1-3H3,(H,16,18). The summed E-state index contributed by atoms with van der Waals surface area (Å²) in [5.74, 6) is 0.0655. The Labute approximate surface area is 136 Å². The molecule has 8 heteroatoms. The molecule has 0 spiro atoms. The second-order valence-electron chi connectivity index (χ2n) is 4.90. The molecule has 0 saturated carbocycles. The third kappa shape index (κ3) is 3.11. The first-order chi connectivity index (χ1) is 11.1. The predicted molar refractivity (Wildman–Crippen MR) is 87.3 cm³/mol. The lowest BCUT2D eigenvalue weighted by molar-refractivity contribution is 0.0597. The van der Waals surface area contributed by atoms with Crippen molar-refractivity contribution in [2.45, 2.75) is 13.5 Å². The first kappa shape index (κ1) is 15.3. The van der Waals surface area contributed by atoms with Gasteiger partial charge < -0.3 is 14.8 Å². The van der Waals surface area contributed by atoms with Gasteiger partial charge in [-0.1, -0.05) is 17.4 Å². The summed E-state index contributed by atoms with van der Waals surface area (Å²) in [6, 6.07) is 5.39. The molecule has 0 bridgehead atoms. The molecule has 0 radical (unpaired) electrons. The maximum atomic E-state index is 11.8. The molecule has 2 heterocycles. The van der Waals surface area contributed by atoms with Crippen molar-refractivity contribution >= 4 is 27.4 Å². The van der Waals surface area contributed by atoms with Crippen molar-refractivity contribution in [2.24, 2.45) is 0 Å². The fourth-order valence-corrected chi connectivity index (χ4v) is 3.02. The van der Waals surface area contributed by atoms with E-state index in [9.17, 15) is 4.79 Å². The monoisotopic (exact) mass is 332 g/mol. The first-order valence-electron chi connectivity index (χ1n) is 6.92. The van der Waals surface area contributed by atoms with Gasteiger partial charge >= 0.3 is 5.97 Å². The molecular weight excluding hydrogens is 316 g/mol. The van der Waals surface area contributed by atoms with E-state index in [1.807, 2.05) is 19.2 Å². The summed E-state index contributed by atoms with van der Waals surface area (Å²) in [5, 5.41) is 8.40. The van der Waals surface area contributed by atoms with E-state index in [1.165, 1.54) is 25.6 Å². The van der Waals surface area contributed by atoms with E-state index >= 15 is 0 Å². The van der Waals surface area contributed by atoms with Gasteiger partial charge in [-0.05, 0) is 24.6 Å². The second kappa shape index (κ2) is 6.25. The molecule has 7 nitrogen and oxygen atoms in total. The average Bonchev–Trinajstić information content (AvgIpc) is 3.08. The van der Waals surface area contributed by atoms with E-state index in [2.05, 4.69) is 15.4 Å². The van der Waals surface area contributed by atoms with Crippen LogP contribution in [0.4, 0.5) is 5.13 Å². The van der Waals surface area contributed by atoms with Crippen LogP contribution in [0.1, 0.15) is 21.6 Å². The first-order valence-corrected chi connectivity index (χ1v) is 7.74. The van der Waals surface area contributed by atoms with Gasteiger partial charge in [-0.3, -0.25) is 0 Å². The number of hydrogen-bond donors (Lipinski definition) is 1. The van der Waals surface area contributed by atoms with Crippen LogP contribution in [0.15, 0.2) is 24.4 Å². The zero-order chi connectivity index (χ0) is 16.4. The minimum absolute atomic E-state index is 0.402. The molecule has 0 atom stereocenters. The highest BCUT2D eigenvalue weighted by Gasteiger charge is 2.13. The van der Waals surface area contributed by atoms with Crippen molar-refractivity contribution in [2.75, 3.05) is 19.5 Å². The minimum Gasteiger partial charge on any atom is -0.496 e. The van der Waals surface area contributed by atoms with E-state index < -0.39 is 5.97 Å². The van der Waals surface area contributed by atoms with E-state index in [1.54, 1.807) is 16.6 Å². The van der Waals surface area contributed by atoms with E-state index in [4.69, 9.17) is 9.47 Å². The number of anilines is 1. The summed E-state index contributed by atoms with van der Waals surface area (Å²) in [5.41, 5.74) is 2.27. The molecule has 3 aromatic rings. The maximum absolute atomic E-state index is 11.8. The Balaban J connectivity index is 1.76. The zero-order valence-electron chi connectivity index (χ0n) is 13.0. The Morgan fingerprint density at radius 1 is 1.39 bits per heavy atom. The summed E-state index contributed by atoms with van der Waals surface area (Å²) < 4.78 is 11.7. The van der Waals surface area contributed by atoms with Crippen LogP contribution in [0.2, 0.25) is 0 Å². The zero-order valence-corrected chi connectivity index (χ0v) is 13.8. The molecule has 0 aliphatic carbocycles. The number of fused-ring (bicyclic) bond motifs is 1. The Morgan fingerprint density at radius 2 is 2.22 bits per heavy atom. The molecule has 23 heavy (non-hydrogen) atoms. The number of esters is 1. The quantitative estimate of drug-likeness (QED) is 0.723. The molecule has 0 unspecified atom stereocenters. The van der Waals surface area contributed by atoms with Gasteiger partial charge in [0.25, 0.3) is 0 Å². The van der Waals surface area contributed by atoms with Crippen LogP contribution in [0, 0.1) is 6.92 Å². The molecule has 1 N–H and O–H groups in total. The normalized spacial score (nSPS) is 10.7. The van der Waals surface area contributed by atoms with Gasteiger partial charge in [0, 0.05) is 6.54 Å². The van der Waals surface area contributed by atoms with E-state index in [0.717, 1.165) is 21.3 Å². The van der Waals surface area contributed by atoms with Crippen molar-refractivity contribution in [3.8, 4) is 5.75 Å². The van der Waals surface area contributed by atoms with Gasteiger partial charge in [0.15, 0.2) is 0 Å². The van der Waals surface area contributed by atoms with Crippen LogP contribution in [0.5, 0.6) is 5.75 Å². The van der Waals surface area contributed by atoms with Gasteiger partial charge in [-0.15, -0.1) is 5.10 Å². The third-order valence-corrected chi connectivity index (χ3v) is 4.16. The molecule has 120 valence electrons. The summed E-state index contributed by atoms with van der Waals surface area (Å²) >= 11 is 1.47. The van der Waals surface area contributed by atoms with Crippen LogP contribution < -0.4 is 10.1 Å². The number of nitrogens with zero attached hydrogens (tertiary/aromatic N) is 3. The van der Waals surface area contributed by atoms with Gasteiger partial charge in [-0.2, -0.15) is 0 Å². The molecule has 0 aliphatic rings. The number of hydrogen-bond acceptors (Lipinski definition) is 7. The molecular formula is C15H16N4O3S. The number of benzene rings is 1. The lowest BCUT2D eigenvalue weighted by atomic mass is 10.1. The Kier molecular flexibility index (Phi) is 4.16. The van der Waals surface area contributed by atoms with E-state index in [0.29, 0.717) is 17.9 Å². The second-order valence-corrected chi connectivity index (χ2v) is 5.85. The largest absolute Gasteiger partial charge is 0.496 e. The molecule has 0 saturated heterocycles. The van der Waals surface area contributed by atoms with Crippen molar-refractivity contribution in [1.82, 2.24) is 14.6 Å². The number of ether oxygens (including phenoxy) is 2. The number of methoxy groups -OCH3 is 2. The van der Waals surface area contributed by atoms with Crippen LogP contribution in [-0.2, 0) is 11.3 Å². The van der Waals surface area contributed by atoms with Crippen LogP contribution in [0.25, 0.3) is 4.96 Å². The van der Waals surface area contributed by atoms with Crippen molar-refractivity contribution in [3.63, 3.8) is 0 Å². The third-order valence-electron chi connectivity index (χ3n) is 3.28. The molecule has 2 aromatic heterocycles. The average molecular weight is 332 g/mol. The summed E-state index contributed by atoms with van der Waals surface area (Å²) in [6.07, 6.45) is 1.87. The molecule has 0 aliphatic heterocycles. The van der Waals surface area contributed by atoms with E-state index in [-0.39, 0.29) is 0 Å². The minimum atomic E-state index is -0.424. The van der Waals surface area contributed by atoms with Crippen molar-refractivity contribution < 1.29 is 14.3 Å². The topological polar surface area (TPSA) is 77.8 Å². The number of nitrogens with one attached hydrogen (secondary N) is 1. The fraction of sp³-hybridized carbons (Fsp3) is 0.267. The molecule has 1 aromatic carbocycles. The highest BCUT2D eigenvalue weighted by molar-refractivity contribution is 7.20. The Bertz CT molecular complexity index is 824. The Hall–Kier alpha value is -2.61. The van der Waals surface area contributed by atoms with Gasteiger partial charge in [0.2, 0.25) is 10.1 Å². The summed E-state index contributed by atoms with van der Waals surface area (Å²) in [7, 11) is 2.87. The molecule has 3 rings (SSSR count). The van der Waals surface area contributed by atoms with Gasteiger partial charge in [0.05, 0.1) is 26.1 Å². The number of aryl methyl sites for hydroxylation is 1. The van der Waals surface area contributed by atoms with Crippen LogP contribution in [0.3, 0.4) is 0 Å². The number of rotatable bonds is 5.